The second-order valence-corrected chi connectivity index (χ2v) is 8.78. The first-order chi connectivity index (χ1) is 11.8. The summed E-state index contributed by atoms with van der Waals surface area (Å²) in [6.45, 7) is 7.96. The van der Waals surface area contributed by atoms with E-state index in [9.17, 15) is 0 Å². The van der Waals surface area contributed by atoms with Crippen molar-refractivity contribution in [1.82, 2.24) is 0 Å². The van der Waals surface area contributed by atoms with E-state index >= 15 is 0 Å². The van der Waals surface area contributed by atoms with Gasteiger partial charge in [0.25, 0.3) is 0 Å². The van der Waals surface area contributed by atoms with Gasteiger partial charge in [0.1, 0.15) is 0 Å². The van der Waals surface area contributed by atoms with Gasteiger partial charge in [0.15, 0.2) is 0 Å². The average Bonchev–Trinajstić information content (AvgIpc) is 2.63. The molecule has 3 unspecified atom stereocenters. The lowest BCUT2D eigenvalue weighted by molar-refractivity contribution is -0.0356. The molecule has 2 aliphatic rings. The van der Waals surface area contributed by atoms with Crippen LogP contribution in [0.25, 0.3) is 0 Å². The van der Waals surface area contributed by atoms with Gasteiger partial charge >= 0.3 is 0 Å². The summed E-state index contributed by atoms with van der Waals surface area (Å²) in [7, 11) is 0. The molecule has 1 nitrogen and oxygen atoms in total. The fourth-order valence-electron chi connectivity index (χ4n) is 5.36. The van der Waals surface area contributed by atoms with Crippen molar-refractivity contribution >= 4 is 0 Å². The van der Waals surface area contributed by atoms with Gasteiger partial charge in [-0.25, -0.2) is 0 Å². The molecule has 142 valence electrons. The Morgan fingerprint density at radius 3 is 2.12 bits per heavy atom. The minimum absolute atomic E-state index is 0.572. The second kappa shape index (κ2) is 11.6. The molecule has 0 radical (unpaired) electrons. The van der Waals surface area contributed by atoms with Crippen LogP contribution in [-0.4, -0.2) is 12.7 Å². The molecule has 0 heterocycles. The van der Waals surface area contributed by atoms with Crippen molar-refractivity contribution < 1.29 is 4.74 Å². The Hall–Kier alpha value is -0.0400. The summed E-state index contributed by atoms with van der Waals surface area (Å²) in [6.07, 6.45) is 20.5. The minimum atomic E-state index is 0.572. The molecule has 0 saturated heterocycles. The number of ether oxygens (including phenoxy) is 1. The average molecular weight is 337 g/mol. The van der Waals surface area contributed by atoms with E-state index in [1.54, 1.807) is 0 Å². The van der Waals surface area contributed by atoms with E-state index in [-0.39, 0.29) is 0 Å². The van der Waals surface area contributed by atoms with Crippen molar-refractivity contribution in [3.05, 3.63) is 0 Å². The molecule has 0 spiro atoms. The topological polar surface area (TPSA) is 9.23 Å². The van der Waals surface area contributed by atoms with Crippen molar-refractivity contribution in [2.75, 3.05) is 6.61 Å². The molecule has 2 fully saturated rings. The summed E-state index contributed by atoms with van der Waals surface area (Å²) >= 11 is 0. The lowest BCUT2D eigenvalue weighted by atomic mass is 9.67. The zero-order valence-electron chi connectivity index (χ0n) is 16.9. The highest BCUT2D eigenvalue weighted by Gasteiger charge is 2.35. The molecule has 0 N–H and O–H groups in total. The molecule has 1 heteroatoms. The van der Waals surface area contributed by atoms with Crippen LogP contribution < -0.4 is 0 Å². The maximum absolute atomic E-state index is 6.23. The van der Waals surface area contributed by atoms with Crippen LogP contribution in [-0.2, 0) is 4.74 Å². The molecular weight excluding hydrogens is 292 g/mol. The Labute approximate surface area is 152 Å². The highest BCUT2D eigenvalue weighted by Crippen LogP contribution is 2.44. The van der Waals surface area contributed by atoms with Crippen LogP contribution in [0.3, 0.4) is 0 Å². The summed E-state index contributed by atoms with van der Waals surface area (Å²) in [4.78, 5) is 0. The third-order valence-electron chi connectivity index (χ3n) is 7.08. The Balaban J connectivity index is 1.70. The van der Waals surface area contributed by atoms with E-state index in [0.717, 1.165) is 30.3 Å². The molecule has 24 heavy (non-hydrogen) atoms. The van der Waals surface area contributed by atoms with E-state index < -0.39 is 0 Å². The maximum Gasteiger partial charge on any atom is 0.0603 e. The van der Waals surface area contributed by atoms with Crippen LogP contribution in [0.15, 0.2) is 0 Å². The Bertz CT molecular complexity index is 305. The monoisotopic (exact) mass is 336 g/mol. The molecule has 0 bridgehead atoms. The smallest absolute Gasteiger partial charge is 0.0603 e. The molecule has 2 saturated carbocycles. The summed E-state index contributed by atoms with van der Waals surface area (Å²) in [5.41, 5.74) is 0. The highest BCUT2D eigenvalue weighted by molar-refractivity contribution is 4.86. The van der Waals surface area contributed by atoms with Gasteiger partial charge in [-0.3, -0.25) is 0 Å². The van der Waals surface area contributed by atoms with Crippen LogP contribution in [0.4, 0.5) is 0 Å². The van der Waals surface area contributed by atoms with Crippen LogP contribution in [0.5, 0.6) is 0 Å². The highest BCUT2D eigenvalue weighted by atomic mass is 16.5. The standard InChI is InChI=1S/C23H44O/c1-4-7-9-10-19-11-13-21(14-12-19)22-15-16-23(20(6-3)18-22)24-17-8-5-2/h19-23H,4-18H2,1-3H3/t19-,20?,21-,22?,23?. The first-order valence-electron chi connectivity index (χ1n) is 11.4. The first-order valence-corrected chi connectivity index (χ1v) is 11.4. The predicted octanol–water partition coefficient (Wildman–Crippen LogP) is 7.38. The summed E-state index contributed by atoms with van der Waals surface area (Å²) in [5.74, 6) is 3.95. The SMILES string of the molecule is CCCCC[C@H]1CC[C@H](C2CCC(OCCCC)C(CC)C2)CC1. The van der Waals surface area contributed by atoms with Crippen LogP contribution in [0.2, 0.25) is 0 Å². The van der Waals surface area contributed by atoms with Crippen molar-refractivity contribution in [3.8, 4) is 0 Å². The first kappa shape index (κ1) is 20.3. The zero-order valence-corrected chi connectivity index (χ0v) is 16.9. The van der Waals surface area contributed by atoms with Gasteiger partial charge in [0.2, 0.25) is 0 Å². The molecule has 3 atom stereocenters. The number of hydrogen-bond donors (Lipinski definition) is 0. The molecule has 0 aromatic carbocycles. The number of hydrogen-bond acceptors (Lipinski definition) is 1. The van der Waals surface area contributed by atoms with E-state index in [0.29, 0.717) is 6.10 Å². The lowest BCUT2D eigenvalue weighted by Crippen LogP contribution is -2.35. The van der Waals surface area contributed by atoms with Crippen molar-refractivity contribution in [1.29, 1.82) is 0 Å². The van der Waals surface area contributed by atoms with Gasteiger partial charge in [-0.1, -0.05) is 72.1 Å². The molecule has 0 aromatic heterocycles. The van der Waals surface area contributed by atoms with Crippen LogP contribution in [0.1, 0.15) is 111 Å². The largest absolute Gasteiger partial charge is 0.378 e. The fraction of sp³-hybridized carbons (Fsp3) is 1.00. The molecule has 2 aliphatic carbocycles. The second-order valence-electron chi connectivity index (χ2n) is 8.78. The Morgan fingerprint density at radius 2 is 1.46 bits per heavy atom. The summed E-state index contributed by atoms with van der Waals surface area (Å²) in [6, 6.07) is 0. The quantitative estimate of drug-likeness (QED) is 0.378. The fourth-order valence-corrected chi connectivity index (χ4v) is 5.36. The van der Waals surface area contributed by atoms with Gasteiger partial charge in [-0.15, -0.1) is 0 Å². The van der Waals surface area contributed by atoms with Crippen LogP contribution >= 0.6 is 0 Å². The summed E-state index contributed by atoms with van der Waals surface area (Å²) in [5, 5.41) is 0. The normalized spacial score (nSPS) is 34.4. The molecule has 0 amide bonds. The number of unbranched alkanes of at least 4 members (excludes halogenated alkanes) is 3. The Morgan fingerprint density at radius 1 is 0.750 bits per heavy atom. The molecule has 0 aromatic rings. The van der Waals surface area contributed by atoms with Gasteiger partial charge in [0.05, 0.1) is 6.10 Å². The molecule has 2 rings (SSSR count). The minimum Gasteiger partial charge on any atom is -0.378 e. The summed E-state index contributed by atoms with van der Waals surface area (Å²) < 4.78 is 6.23. The van der Waals surface area contributed by atoms with E-state index in [4.69, 9.17) is 4.74 Å². The van der Waals surface area contributed by atoms with Gasteiger partial charge in [-0.05, 0) is 62.2 Å². The zero-order chi connectivity index (χ0) is 17.2. The predicted molar refractivity (Wildman–Crippen MR) is 105 cm³/mol. The third kappa shape index (κ3) is 6.36. The Kier molecular flexibility index (Phi) is 9.76. The molecular formula is C23H44O. The number of rotatable bonds is 10. The van der Waals surface area contributed by atoms with Crippen LogP contribution in [0, 0.1) is 23.7 Å². The lowest BCUT2D eigenvalue weighted by Gasteiger charge is -2.41. The third-order valence-corrected chi connectivity index (χ3v) is 7.08. The van der Waals surface area contributed by atoms with E-state index in [1.807, 2.05) is 0 Å². The maximum atomic E-state index is 6.23. The van der Waals surface area contributed by atoms with Crippen molar-refractivity contribution in [2.45, 2.75) is 117 Å². The van der Waals surface area contributed by atoms with E-state index in [1.165, 1.54) is 89.9 Å². The van der Waals surface area contributed by atoms with Crippen molar-refractivity contribution in [3.63, 3.8) is 0 Å². The van der Waals surface area contributed by atoms with Gasteiger partial charge < -0.3 is 4.74 Å². The molecule has 0 aliphatic heterocycles. The van der Waals surface area contributed by atoms with Gasteiger partial charge in [-0.2, -0.15) is 0 Å². The van der Waals surface area contributed by atoms with Gasteiger partial charge in [0, 0.05) is 6.61 Å². The van der Waals surface area contributed by atoms with Crippen molar-refractivity contribution in [2.24, 2.45) is 23.7 Å². The van der Waals surface area contributed by atoms with E-state index in [2.05, 4.69) is 20.8 Å².